The number of hydrogen-bond donors (Lipinski definition) is 1. The standard InChI is InChI=1S/C12H19FN2O/c1-14-7-8-15(2)9-10-5-4-6-11(16-3)12(10)13/h4-6,14H,7-9H2,1-3H3. The van der Waals surface area contributed by atoms with Gasteiger partial charge in [-0.3, -0.25) is 0 Å². The molecular formula is C12H19FN2O. The lowest BCUT2D eigenvalue weighted by Crippen LogP contribution is -2.27. The number of nitrogens with one attached hydrogen (secondary N) is 1. The highest BCUT2D eigenvalue weighted by Crippen LogP contribution is 2.20. The van der Waals surface area contributed by atoms with Crippen LogP contribution in [0.15, 0.2) is 18.2 Å². The van der Waals surface area contributed by atoms with E-state index in [9.17, 15) is 4.39 Å². The van der Waals surface area contributed by atoms with E-state index in [1.165, 1.54) is 7.11 Å². The fourth-order valence-corrected chi connectivity index (χ4v) is 1.51. The molecule has 0 spiro atoms. The zero-order valence-electron chi connectivity index (χ0n) is 10.1. The van der Waals surface area contributed by atoms with Gasteiger partial charge in [-0.05, 0) is 20.2 Å². The third-order valence-electron chi connectivity index (χ3n) is 2.45. The molecule has 0 saturated heterocycles. The first-order chi connectivity index (χ1) is 7.69. The zero-order chi connectivity index (χ0) is 12.0. The van der Waals surface area contributed by atoms with Crippen LogP contribution in [0.5, 0.6) is 5.75 Å². The Morgan fingerprint density at radius 1 is 1.44 bits per heavy atom. The molecular weight excluding hydrogens is 207 g/mol. The molecule has 0 aromatic heterocycles. The molecule has 0 radical (unpaired) electrons. The van der Waals surface area contributed by atoms with Crippen molar-refractivity contribution in [1.82, 2.24) is 10.2 Å². The molecule has 1 aromatic carbocycles. The van der Waals surface area contributed by atoms with Crippen LogP contribution in [0.3, 0.4) is 0 Å². The van der Waals surface area contributed by atoms with Crippen LogP contribution in [-0.2, 0) is 6.54 Å². The van der Waals surface area contributed by atoms with E-state index in [2.05, 4.69) is 10.2 Å². The average Bonchev–Trinajstić information content (AvgIpc) is 2.29. The van der Waals surface area contributed by atoms with Gasteiger partial charge >= 0.3 is 0 Å². The van der Waals surface area contributed by atoms with Gasteiger partial charge in [0.1, 0.15) is 0 Å². The van der Waals surface area contributed by atoms with Crippen LogP contribution in [0, 0.1) is 5.82 Å². The third-order valence-corrected chi connectivity index (χ3v) is 2.45. The normalized spacial score (nSPS) is 10.8. The summed E-state index contributed by atoms with van der Waals surface area (Å²) < 4.78 is 18.7. The molecule has 90 valence electrons. The Kier molecular flexibility index (Phi) is 5.22. The summed E-state index contributed by atoms with van der Waals surface area (Å²) >= 11 is 0. The van der Waals surface area contributed by atoms with Gasteiger partial charge in [0.25, 0.3) is 0 Å². The Bertz CT molecular complexity index is 331. The predicted molar refractivity (Wildman–Crippen MR) is 63.2 cm³/mol. The summed E-state index contributed by atoms with van der Waals surface area (Å²) in [6.45, 7) is 2.36. The maximum absolute atomic E-state index is 13.8. The quantitative estimate of drug-likeness (QED) is 0.795. The second kappa shape index (κ2) is 6.45. The number of halogens is 1. The van der Waals surface area contributed by atoms with Crippen LogP contribution in [-0.4, -0.2) is 39.2 Å². The summed E-state index contributed by atoms with van der Waals surface area (Å²) in [6.07, 6.45) is 0. The smallest absolute Gasteiger partial charge is 0.169 e. The van der Waals surface area contributed by atoms with Crippen LogP contribution in [0.25, 0.3) is 0 Å². The lowest BCUT2D eigenvalue weighted by molar-refractivity contribution is 0.318. The van der Waals surface area contributed by atoms with E-state index in [1.807, 2.05) is 20.2 Å². The number of ether oxygens (including phenoxy) is 1. The Labute approximate surface area is 96.2 Å². The fourth-order valence-electron chi connectivity index (χ4n) is 1.51. The summed E-state index contributed by atoms with van der Waals surface area (Å²) in [5, 5.41) is 3.06. The van der Waals surface area contributed by atoms with Crippen LogP contribution >= 0.6 is 0 Å². The first-order valence-electron chi connectivity index (χ1n) is 5.33. The van der Waals surface area contributed by atoms with Gasteiger partial charge in [0, 0.05) is 25.2 Å². The van der Waals surface area contributed by atoms with Gasteiger partial charge in [0.05, 0.1) is 7.11 Å². The monoisotopic (exact) mass is 226 g/mol. The maximum Gasteiger partial charge on any atom is 0.169 e. The minimum atomic E-state index is -0.263. The van der Waals surface area contributed by atoms with Gasteiger partial charge in [-0.1, -0.05) is 12.1 Å². The van der Waals surface area contributed by atoms with E-state index in [4.69, 9.17) is 4.74 Å². The highest BCUT2D eigenvalue weighted by atomic mass is 19.1. The van der Waals surface area contributed by atoms with Crippen molar-refractivity contribution in [2.24, 2.45) is 0 Å². The first kappa shape index (κ1) is 12.9. The van der Waals surface area contributed by atoms with Crippen molar-refractivity contribution in [1.29, 1.82) is 0 Å². The van der Waals surface area contributed by atoms with Gasteiger partial charge in [-0.2, -0.15) is 0 Å². The molecule has 0 fully saturated rings. The van der Waals surface area contributed by atoms with E-state index >= 15 is 0 Å². The summed E-state index contributed by atoms with van der Waals surface area (Å²) in [7, 11) is 5.35. The molecule has 3 nitrogen and oxygen atoms in total. The number of nitrogens with zero attached hydrogens (tertiary/aromatic N) is 1. The topological polar surface area (TPSA) is 24.5 Å². The van der Waals surface area contributed by atoms with Gasteiger partial charge in [-0.25, -0.2) is 4.39 Å². The highest BCUT2D eigenvalue weighted by molar-refractivity contribution is 5.30. The molecule has 1 rings (SSSR count). The summed E-state index contributed by atoms with van der Waals surface area (Å²) in [6, 6.07) is 5.23. The van der Waals surface area contributed by atoms with Crippen molar-refractivity contribution < 1.29 is 9.13 Å². The predicted octanol–water partition coefficient (Wildman–Crippen LogP) is 1.49. The Morgan fingerprint density at radius 2 is 2.19 bits per heavy atom. The second-order valence-electron chi connectivity index (χ2n) is 3.77. The van der Waals surface area contributed by atoms with Crippen molar-refractivity contribution in [3.8, 4) is 5.75 Å². The molecule has 0 bridgehead atoms. The van der Waals surface area contributed by atoms with Gasteiger partial charge in [0.2, 0.25) is 0 Å². The Balaban J connectivity index is 2.66. The fraction of sp³-hybridized carbons (Fsp3) is 0.500. The molecule has 0 heterocycles. The largest absolute Gasteiger partial charge is 0.494 e. The molecule has 4 heteroatoms. The van der Waals surface area contributed by atoms with E-state index in [1.54, 1.807) is 12.1 Å². The summed E-state index contributed by atoms with van der Waals surface area (Å²) in [5.74, 6) is 0.0424. The number of rotatable bonds is 6. The molecule has 0 aliphatic heterocycles. The van der Waals surface area contributed by atoms with Gasteiger partial charge < -0.3 is 15.0 Å². The number of benzene rings is 1. The molecule has 0 aliphatic carbocycles. The average molecular weight is 226 g/mol. The second-order valence-corrected chi connectivity index (χ2v) is 3.77. The van der Waals surface area contributed by atoms with Crippen molar-refractivity contribution in [2.75, 3.05) is 34.3 Å². The number of methoxy groups -OCH3 is 1. The lowest BCUT2D eigenvalue weighted by atomic mass is 10.2. The van der Waals surface area contributed by atoms with E-state index in [0.29, 0.717) is 17.9 Å². The van der Waals surface area contributed by atoms with Crippen molar-refractivity contribution in [3.63, 3.8) is 0 Å². The van der Waals surface area contributed by atoms with Crippen molar-refractivity contribution in [3.05, 3.63) is 29.6 Å². The third kappa shape index (κ3) is 3.47. The van der Waals surface area contributed by atoms with Gasteiger partial charge in [0.15, 0.2) is 11.6 Å². The minimum absolute atomic E-state index is 0.263. The summed E-state index contributed by atoms with van der Waals surface area (Å²) in [4.78, 5) is 2.06. The first-order valence-corrected chi connectivity index (χ1v) is 5.33. The molecule has 0 atom stereocenters. The Morgan fingerprint density at radius 3 is 2.81 bits per heavy atom. The molecule has 0 aliphatic rings. The van der Waals surface area contributed by atoms with Crippen molar-refractivity contribution >= 4 is 0 Å². The van der Waals surface area contributed by atoms with Crippen LogP contribution < -0.4 is 10.1 Å². The molecule has 1 N–H and O–H groups in total. The molecule has 0 amide bonds. The van der Waals surface area contributed by atoms with E-state index in [0.717, 1.165) is 13.1 Å². The maximum atomic E-state index is 13.8. The van der Waals surface area contributed by atoms with Crippen LogP contribution in [0.1, 0.15) is 5.56 Å². The van der Waals surface area contributed by atoms with Gasteiger partial charge in [-0.15, -0.1) is 0 Å². The van der Waals surface area contributed by atoms with E-state index in [-0.39, 0.29) is 5.82 Å². The lowest BCUT2D eigenvalue weighted by Gasteiger charge is -2.17. The molecule has 1 aromatic rings. The van der Waals surface area contributed by atoms with Crippen molar-refractivity contribution in [2.45, 2.75) is 6.54 Å². The van der Waals surface area contributed by atoms with Crippen LogP contribution in [0.2, 0.25) is 0 Å². The zero-order valence-corrected chi connectivity index (χ0v) is 10.1. The Hall–Kier alpha value is -1.13. The minimum Gasteiger partial charge on any atom is -0.494 e. The molecule has 0 unspecified atom stereocenters. The SMILES string of the molecule is CNCCN(C)Cc1cccc(OC)c1F. The van der Waals surface area contributed by atoms with Crippen LogP contribution in [0.4, 0.5) is 4.39 Å². The highest BCUT2D eigenvalue weighted by Gasteiger charge is 2.09. The summed E-state index contributed by atoms with van der Waals surface area (Å²) in [5.41, 5.74) is 0.665. The van der Waals surface area contributed by atoms with E-state index < -0.39 is 0 Å². The number of likely N-dealkylation sites (N-methyl/N-ethyl adjacent to an activating group) is 2. The molecule has 0 saturated carbocycles. The number of hydrogen-bond acceptors (Lipinski definition) is 3. The molecule has 16 heavy (non-hydrogen) atoms.